The molecule has 0 radical (unpaired) electrons. The Labute approximate surface area is 168 Å². The van der Waals surface area contributed by atoms with Gasteiger partial charge >= 0.3 is 11.6 Å². The topological polar surface area (TPSA) is 97.0 Å². The van der Waals surface area contributed by atoms with Crippen LogP contribution in [0.25, 0.3) is 11.0 Å². The summed E-state index contributed by atoms with van der Waals surface area (Å²) in [5.74, 6) is -1.14. The zero-order valence-electron chi connectivity index (χ0n) is 16.7. The van der Waals surface area contributed by atoms with E-state index in [2.05, 4.69) is 6.58 Å². The van der Waals surface area contributed by atoms with Gasteiger partial charge in [-0.15, -0.1) is 0 Å². The van der Waals surface area contributed by atoms with Gasteiger partial charge in [-0.3, -0.25) is 9.59 Å². The van der Waals surface area contributed by atoms with Gasteiger partial charge in [0, 0.05) is 24.5 Å². The van der Waals surface area contributed by atoms with Gasteiger partial charge in [0.05, 0.1) is 17.9 Å². The van der Waals surface area contributed by atoms with Gasteiger partial charge in [0.15, 0.2) is 0 Å². The fraction of sp³-hybridized carbons (Fsp3) is 0.409. The van der Waals surface area contributed by atoms with Crippen LogP contribution in [0.2, 0.25) is 0 Å². The van der Waals surface area contributed by atoms with E-state index in [1.54, 1.807) is 25.1 Å². The largest absolute Gasteiger partial charge is 0.489 e. The molecule has 0 saturated carbocycles. The number of carboxylic acid groups (broad SMARTS) is 1. The summed E-state index contributed by atoms with van der Waals surface area (Å²) in [7, 11) is 0. The van der Waals surface area contributed by atoms with Crippen LogP contribution in [-0.4, -0.2) is 41.6 Å². The summed E-state index contributed by atoms with van der Waals surface area (Å²) in [4.78, 5) is 38.0. The van der Waals surface area contributed by atoms with Crippen molar-refractivity contribution in [2.24, 2.45) is 5.92 Å². The van der Waals surface area contributed by atoms with E-state index >= 15 is 0 Å². The molecule has 1 saturated heterocycles. The number of piperidine rings is 1. The van der Waals surface area contributed by atoms with Crippen LogP contribution in [0.15, 0.2) is 39.6 Å². The van der Waals surface area contributed by atoms with Crippen LogP contribution in [0.5, 0.6) is 5.75 Å². The van der Waals surface area contributed by atoms with Crippen molar-refractivity contribution in [1.82, 2.24) is 4.90 Å². The average Bonchev–Trinajstić information content (AvgIpc) is 2.69. The van der Waals surface area contributed by atoms with E-state index in [0.717, 1.165) is 11.0 Å². The maximum absolute atomic E-state index is 12.7. The number of ether oxygens (including phenoxy) is 1. The van der Waals surface area contributed by atoms with Crippen LogP contribution in [0.3, 0.4) is 0 Å². The van der Waals surface area contributed by atoms with Crippen LogP contribution in [0.4, 0.5) is 0 Å². The number of benzene rings is 1. The first-order valence-electron chi connectivity index (χ1n) is 9.60. The number of carboxylic acids is 1. The summed E-state index contributed by atoms with van der Waals surface area (Å²) in [6.07, 6.45) is 1.09. The van der Waals surface area contributed by atoms with Crippen molar-refractivity contribution >= 4 is 22.8 Å². The molecule has 29 heavy (non-hydrogen) atoms. The Morgan fingerprint density at radius 1 is 1.38 bits per heavy atom. The predicted octanol–water partition coefficient (Wildman–Crippen LogP) is 2.92. The molecule has 1 aromatic carbocycles. The van der Waals surface area contributed by atoms with E-state index < -0.39 is 17.5 Å². The molecule has 1 aromatic heterocycles. The molecule has 1 atom stereocenters. The number of amides is 1. The molecule has 7 heteroatoms. The molecule has 7 nitrogen and oxygen atoms in total. The third kappa shape index (κ3) is 4.67. The van der Waals surface area contributed by atoms with Gasteiger partial charge in [-0.05, 0) is 50.0 Å². The maximum Gasteiger partial charge on any atom is 0.340 e. The Kier molecular flexibility index (Phi) is 6.06. The number of carbonyl (C=O) groups is 2. The monoisotopic (exact) mass is 399 g/mol. The number of fused-ring (bicyclic) bond motifs is 1. The van der Waals surface area contributed by atoms with Crippen molar-refractivity contribution in [2.75, 3.05) is 19.7 Å². The molecule has 0 unspecified atom stereocenters. The molecule has 2 aromatic rings. The van der Waals surface area contributed by atoms with Gasteiger partial charge < -0.3 is 19.2 Å². The number of likely N-dealkylation sites (tertiary alicyclic amines) is 1. The molecule has 1 N–H and O–H groups in total. The molecule has 3 rings (SSSR count). The third-order valence-electron chi connectivity index (χ3n) is 5.20. The summed E-state index contributed by atoms with van der Waals surface area (Å²) < 4.78 is 11.0. The third-order valence-corrected chi connectivity index (χ3v) is 5.20. The summed E-state index contributed by atoms with van der Waals surface area (Å²) in [5, 5.41) is 9.94. The first-order chi connectivity index (χ1) is 13.8. The smallest absolute Gasteiger partial charge is 0.340 e. The van der Waals surface area contributed by atoms with Crippen molar-refractivity contribution in [3.63, 3.8) is 0 Å². The summed E-state index contributed by atoms with van der Waals surface area (Å²) in [5.41, 5.74) is 1.69. The van der Waals surface area contributed by atoms with Crippen molar-refractivity contribution < 1.29 is 23.8 Å². The number of rotatable bonds is 6. The zero-order valence-corrected chi connectivity index (χ0v) is 16.7. The summed E-state index contributed by atoms with van der Waals surface area (Å²) in [6.45, 7) is 8.48. The highest BCUT2D eigenvalue weighted by atomic mass is 16.5. The van der Waals surface area contributed by atoms with Gasteiger partial charge in [-0.2, -0.15) is 0 Å². The lowest BCUT2D eigenvalue weighted by Crippen LogP contribution is -2.43. The lowest BCUT2D eigenvalue weighted by Gasteiger charge is -2.30. The molecule has 154 valence electrons. The number of carbonyl (C=O) groups excluding carboxylic acids is 1. The molecular formula is C22H25NO6. The second kappa shape index (κ2) is 8.51. The van der Waals surface area contributed by atoms with Crippen molar-refractivity contribution in [3.05, 3.63) is 51.9 Å². The summed E-state index contributed by atoms with van der Waals surface area (Å²) >= 11 is 0. The second-order valence-electron chi connectivity index (χ2n) is 7.59. The fourth-order valence-corrected chi connectivity index (χ4v) is 3.54. The highest BCUT2D eigenvalue weighted by molar-refractivity contribution is 5.85. The van der Waals surface area contributed by atoms with E-state index in [0.29, 0.717) is 48.5 Å². The molecule has 1 amide bonds. The number of hydrogen-bond donors (Lipinski definition) is 1. The Morgan fingerprint density at radius 3 is 2.83 bits per heavy atom. The molecule has 0 aliphatic carbocycles. The molecule has 0 bridgehead atoms. The number of aryl methyl sites for hydroxylation is 1. The molecule has 2 heterocycles. The Hall–Kier alpha value is -3.09. The molecule has 1 aliphatic rings. The number of hydrogen-bond acceptors (Lipinski definition) is 5. The van der Waals surface area contributed by atoms with E-state index in [9.17, 15) is 19.5 Å². The normalized spacial score (nSPS) is 16.6. The standard InChI is InChI=1S/C22H25NO6/c1-13(2)12-28-16-6-7-17-14(3)18(22(27)29-19(17)9-16)10-20(24)23-8-4-5-15(11-23)21(25)26/h6-7,9,15H,1,4-5,8,10-12H2,2-3H3,(H,25,26)/t15-/m0/s1. The van der Waals surface area contributed by atoms with Gasteiger partial charge in [0.2, 0.25) is 5.91 Å². The molecule has 1 aliphatic heterocycles. The van der Waals surface area contributed by atoms with Crippen LogP contribution < -0.4 is 10.4 Å². The van der Waals surface area contributed by atoms with Gasteiger partial charge in [-0.1, -0.05) is 6.58 Å². The fourth-order valence-electron chi connectivity index (χ4n) is 3.54. The zero-order chi connectivity index (χ0) is 21.1. The van der Waals surface area contributed by atoms with Crippen LogP contribution in [-0.2, 0) is 16.0 Å². The lowest BCUT2D eigenvalue weighted by molar-refractivity contribution is -0.145. The number of nitrogens with zero attached hydrogens (tertiary/aromatic N) is 1. The van der Waals surface area contributed by atoms with Crippen LogP contribution in [0, 0.1) is 12.8 Å². The Morgan fingerprint density at radius 2 is 2.14 bits per heavy atom. The minimum atomic E-state index is -0.895. The molecule has 1 fully saturated rings. The summed E-state index contributed by atoms with van der Waals surface area (Å²) in [6, 6.07) is 5.24. The van der Waals surface area contributed by atoms with E-state index in [1.807, 2.05) is 6.92 Å². The first kappa shape index (κ1) is 20.6. The molecular weight excluding hydrogens is 374 g/mol. The minimum absolute atomic E-state index is 0.107. The SMILES string of the molecule is C=C(C)COc1ccc2c(C)c(CC(=O)N3CCC[C@H](C(=O)O)C3)c(=O)oc2c1. The van der Waals surface area contributed by atoms with Crippen LogP contribution in [0.1, 0.15) is 30.9 Å². The van der Waals surface area contributed by atoms with Crippen molar-refractivity contribution in [3.8, 4) is 5.75 Å². The van der Waals surface area contributed by atoms with E-state index in [1.165, 1.54) is 4.90 Å². The van der Waals surface area contributed by atoms with Gasteiger partial charge in [0.1, 0.15) is 17.9 Å². The molecule has 0 spiro atoms. The first-order valence-corrected chi connectivity index (χ1v) is 9.60. The number of aliphatic carboxylic acids is 1. The minimum Gasteiger partial charge on any atom is -0.489 e. The van der Waals surface area contributed by atoms with E-state index in [4.69, 9.17) is 9.15 Å². The van der Waals surface area contributed by atoms with E-state index in [-0.39, 0.29) is 18.9 Å². The van der Waals surface area contributed by atoms with Crippen molar-refractivity contribution in [2.45, 2.75) is 33.1 Å². The predicted molar refractivity (Wildman–Crippen MR) is 108 cm³/mol. The highest BCUT2D eigenvalue weighted by Gasteiger charge is 2.29. The maximum atomic E-state index is 12.7. The highest BCUT2D eigenvalue weighted by Crippen LogP contribution is 2.25. The van der Waals surface area contributed by atoms with Gasteiger partial charge in [-0.25, -0.2) is 4.79 Å². The Balaban J connectivity index is 1.83. The lowest BCUT2D eigenvalue weighted by atomic mass is 9.97. The second-order valence-corrected chi connectivity index (χ2v) is 7.59. The average molecular weight is 399 g/mol. The van der Waals surface area contributed by atoms with Crippen LogP contribution >= 0.6 is 0 Å². The van der Waals surface area contributed by atoms with Gasteiger partial charge in [0.25, 0.3) is 0 Å². The van der Waals surface area contributed by atoms with Crippen molar-refractivity contribution in [1.29, 1.82) is 0 Å². The quantitative estimate of drug-likeness (QED) is 0.593. The Bertz CT molecular complexity index is 1020.